The van der Waals surface area contributed by atoms with Crippen LogP contribution in [0.3, 0.4) is 0 Å². The van der Waals surface area contributed by atoms with E-state index in [1.165, 1.54) is 0 Å². The lowest BCUT2D eigenvalue weighted by atomic mass is 9.72. The van der Waals surface area contributed by atoms with E-state index in [-0.39, 0.29) is 11.6 Å². The Hall–Kier alpha value is -5.73. The highest BCUT2D eigenvalue weighted by molar-refractivity contribution is 6.00. The van der Waals surface area contributed by atoms with E-state index in [1.807, 2.05) is 78.9 Å². The lowest BCUT2D eigenvalue weighted by Gasteiger charge is -2.38. The Labute approximate surface area is 261 Å². The van der Waals surface area contributed by atoms with E-state index in [9.17, 15) is 4.79 Å². The molecule has 8 nitrogen and oxygen atoms in total. The zero-order valence-corrected chi connectivity index (χ0v) is 24.5. The average Bonchev–Trinajstić information content (AvgIpc) is 3.39. The largest absolute Gasteiger partial charge is 0.338 e. The van der Waals surface area contributed by atoms with Gasteiger partial charge >= 0.3 is 6.03 Å². The zero-order chi connectivity index (χ0) is 30.4. The van der Waals surface area contributed by atoms with Gasteiger partial charge in [0.05, 0.1) is 22.8 Å². The number of pyridine rings is 1. The van der Waals surface area contributed by atoms with Crippen molar-refractivity contribution in [2.75, 3.05) is 16.0 Å². The SMILES string of the molecule is NC1(c2ccc(-c3c(-c4ccc(NC(=O)Nc5ccccc5)cc4)nc4n3-c3cccnc3Nc3ccccc3-4)cc2)CCC1. The minimum Gasteiger partial charge on any atom is -0.338 e. The van der Waals surface area contributed by atoms with Gasteiger partial charge in [0.1, 0.15) is 5.82 Å². The van der Waals surface area contributed by atoms with Gasteiger partial charge in [0, 0.05) is 39.8 Å². The Morgan fingerprint density at radius 1 is 0.778 bits per heavy atom. The number of urea groups is 1. The van der Waals surface area contributed by atoms with Gasteiger partial charge in [0.25, 0.3) is 0 Å². The lowest BCUT2D eigenvalue weighted by Crippen LogP contribution is -2.43. The Kier molecular flexibility index (Phi) is 6.43. The molecule has 2 aromatic heterocycles. The second-order valence-electron chi connectivity index (χ2n) is 11.6. The first-order valence-corrected chi connectivity index (χ1v) is 15.1. The average molecular weight is 590 g/mol. The van der Waals surface area contributed by atoms with Crippen molar-refractivity contribution in [1.29, 1.82) is 0 Å². The van der Waals surface area contributed by atoms with Crippen molar-refractivity contribution in [1.82, 2.24) is 14.5 Å². The first-order chi connectivity index (χ1) is 22.1. The third-order valence-corrected chi connectivity index (χ3v) is 8.75. The molecule has 220 valence electrons. The second kappa shape index (κ2) is 10.8. The molecule has 1 fully saturated rings. The molecular formula is C37H31N7O. The summed E-state index contributed by atoms with van der Waals surface area (Å²) in [5.41, 5.74) is 15.6. The molecule has 45 heavy (non-hydrogen) atoms. The number of para-hydroxylation sites is 2. The quantitative estimate of drug-likeness (QED) is 0.161. The summed E-state index contributed by atoms with van der Waals surface area (Å²) in [4.78, 5) is 22.7. The number of carbonyl (C=O) groups is 1. The number of fused-ring (bicyclic) bond motifs is 5. The van der Waals surface area contributed by atoms with E-state index in [1.54, 1.807) is 6.20 Å². The maximum atomic E-state index is 12.6. The number of nitrogens with one attached hydrogen (secondary N) is 3. The van der Waals surface area contributed by atoms with Crippen molar-refractivity contribution in [2.45, 2.75) is 24.8 Å². The zero-order valence-electron chi connectivity index (χ0n) is 24.5. The van der Waals surface area contributed by atoms with Crippen LogP contribution < -0.4 is 21.7 Å². The van der Waals surface area contributed by atoms with Crippen molar-refractivity contribution in [3.63, 3.8) is 0 Å². The van der Waals surface area contributed by atoms with Gasteiger partial charge in [-0.2, -0.15) is 0 Å². The van der Waals surface area contributed by atoms with E-state index in [0.717, 1.165) is 81.6 Å². The van der Waals surface area contributed by atoms with Crippen LogP contribution in [0.25, 0.3) is 39.6 Å². The van der Waals surface area contributed by atoms with Gasteiger partial charge < -0.3 is 21.7 Å². The highest BCUT2D eigenvalue weighted by atomic mass is 16.2. The van der Waals surface area contributed by atoms with Crippen LogP contribution in [-0.4, -0.2) is 20.6 Å². The number of rotatable bonds is 5. The normalized spacial score (nSPS) is 14.1. The van der Waals surface area contributed by atoms with Crippen LogP contribution in [-0.2, 0) is 5.54 Å². The third-order valence-electron chi connectivity index (χ3n) is 8.75. The Morgan fingerprint density at radius 2 is 1.47 bits per heavy atom. The number of aromatic nitrogens is 3. The summed E-state index contributed by atoms with van der Waals surface area (Å²) in [6.45, 7) is 0. The molecule has 4 aromatic carbocycles. The van der Waals surface area contributed by atoms with Gasteiger partial charge in [-0.25, -0.2) is 14.8 Å². The summed E-state index contributed by atoms with van der Waals surface area (Å²) < 4.78 is 2.20. The second-order valence-corrected chi connectivity index (χ2v) is 11.6. The third kappa shape index (κ3) is 4.81. The number of hydrogen-bond acceptors (Lipinski definition) is 5. The molecule has 0 radical (unpaired) electrons. The molecule has 0 spiro atoms. The standard InChI is InChI=1S/C37H31N7O/c38-37(21-7-22-37)26-17-13-25(14-18-26)33-32(24-15-19-28(20-16-24)41-36(45)40-27-8-2-1-3-9-27)43-35-29-10-4-5-11-30(29)42-34-31(44(33)35)12-6-23-39-34/h1-6,8-20,23H,7,21-22,38H2,(H,39,42)(H2,40,41,45). The lowest BCUT2D eigenvalue weighted by molar-refractivity contribution is 0.253. The molecule has 8 rings (SSSR count). The van der Waals surface area contributed by atoms with Crippen LogP contribution >= 0.6 is 0 Å². The highest BCUT2D eigenvalue weighted by Crippen LogP contribution is 2.45. The number of nitrogens with zero attached hydrogens (tertiary/aromatic N) is 3. The molecular weight excluding hydrogens is 558 g/mol. The first kappa shape index (κ1) is 26.9. The molecule has 3 heterocycles. The Bertz CT molecular complexity index is 2030. The summed E-state index contributed by atoms with van der Waals surface area (Å²) in [6.07, 6.45) is 4.97. The van der Waals surface area contributed by atoms with Crippen molar-refractivity contribution >= 4 is 28.9 Å². The summed E-state index contributed by atoms with van der Waals surface area (Å²) in [5, 5.41) is 9.31. The number of benzene rings is 4. The molecule has 1 saturated carbocycles. The number of hydrogen-bond donors (Lipinski definition) is 4. The highest BCUT2D eigenvalue weighted by Gasteiger charge is 2.34. The molecule has 1 aliphatic carbocycles. The molecule has 8 heteroatoms. The van der Waals surface area contributed by atoms with Gasteiger partial charge in [0.15, 0.2) is 5.82 Å². The molecule has 2 amide bonds. The number of anilines is 4. The molecule has 6 aromatic rings. The van der Waals surface area contributed by atoms with Crippen LogP contribution in [0.4, 0.5) is 27.7 Å². The smallest absolute Gasteiger partial charge is 0.323 e. The number of carbonyl (C=O) groups excluding carboxylic acids is 1. The molecule has 5 N–H and O–H groups in total. The maximum absolute atomic E-state index is 12.6. The Morgan fingerprint density at radius 3 is 2.20 bits per heavy atom. The van der Waals surface area contributed by atoms with Crippen LogP contribution in [0.2, 0.25) is 0 Å². The van der Waals surface area contributed by atoms with Crippen LogP contribution in [0, 0.1) is 0 Å². The minimum absolute atomic E-state index is 0.245. The van der Waals surface area contributed by atoms with Crippen LogP contribution in [0.15, 0.2) is 121 Å². The van der Waals surface area contributed by atoms with Crippen molar-refractivity contribution in [2.24, 2.45) is 5.73 Å². The molecule has 0 unspecified atom stereocenters. The van der Waals surface area contributed by atoms with Crippen molar-refractivity contribution in [3.05, 3.63) is 127 Å². The predicted octanol–water partition coefficient (Wildman–Crippen LogP) is 8.31. The van der Waals surface area contributed by atoms with Gasteiger partial charge in [-0.3, -0.25) is 4.57 Å². The fourth-order valence-electron chi connectivity index (χ4n) is 6.22. The van der Waals surface area contributed by atoms with E-state index in [0.29, 0.717) is 5.69 Å². The fourth-order valence-corrected chi connectivity index (χ4v) is 6.22. The topological polar surface area (TPSA) is 110 Å². The van der Waals surface area contributed by atoms with Gasteiger partial charge in [-0.1, -0.05) is 66.7 Å². The predicted molar refractivity (Wildman–Crippen MR) is 180 cm³/mol. The molecule has 1 aliphatic heterocycles. The number of nitrogens with two attached hydrogens (primary N) is 1. The number of imidazole rings is 1. The van der Waals surface area contributed by atoms with E-state index in [2.05, 4.69) is 56.9 Å². The summed E-state index contributed by atoms with van der Waals surface area (Å²) in [5.74, 6) is 1.57. The minimum atomic E-state index is -0.305. The molecule has 0 atom stereocenters. The Balaban J connectivity index is 1.24. The molecule has 0 saturated heterocycles. The van der Waals surface area contributed by atoms with Gasteiger partial charge in [-0.15, -0.1) is 0 Å². The first-order valence-electron chi connectivity index (χ1n) is 15.1. The molecule has 0 bridgehead atoms. The number of amides is 2. The molecule has 2 aliphatic rings. The van der Waals surface area contributed by atoms with Gasteiger partial charge in [-0.05, 0) is 73.4 Å². The van der Waals surface area contributed by atoms with Crippen LogP contribution in [0.5, 0.6) is 0 Å². The fraction of sp³-hybridized carbons (Fsp3) is 0.108. The summed E-state index contributed by atoms with van der Waals surface area (Å²) in [7, 11) is 0. The summed E-state index contributed by atoms with van der Waals surface area (Å²) >= 11 is 0. The van der Waals surface area contributed by atoms with E-state index < -0.39 is 0 Å². The van der Waals surface area contributed by atoms with Crippen molar-refractivity contribution in [3.8, 4) is 39.6 Å². The van der Waals surface area contributed by atoms with Crippen molar-refractivity contribution < 1.29 is 4.79 Å². The monoisotopic (exact) mass is 589 g/mol. The van der Waals surface area contributed by atoms with E-state index in [4.69, 9.17) is 15.7 Å². The maximum Gasteiger partial charge on any atom is 0.323 e. The van der Waals surface area contributed by atoms with E-state index >= 15 is 0 Å². The summed E-state index contributed by atoms with van der Waals surface area (Å²) in [6, 6.07) is 37.6. The van der Waals surface area contributed by atoms with Crippen LogP contribution in [0.1, 0.15) is 24.8 Å². The van der Waals surface area contributed by atoms with Gasteiger partial charge in [0.2, 0.25) is 0 Å².